The average Bonchev–Trinajstić information content (AvgIpc) is 2.16. The van der Waals surface area contributed by atoms with Crippen molar-refractivity contribution < 1.29 is 26.5 Å². The van der Waals surface area contributed by atoms with E-state index in [1.807, 2.05) is 14.1 Å². The maximum atomic E-state index is 10.9. The molecule has 0 rings (SSSR count). The van der Waals surface area contributed by atoms with Gasteiger partial charge in [0.25, 0.3) is 5.91 Å². The lowest BCUT2D eigenvalue weighted by Crippen LogP contribution is -2.54. The van der Waals surface area contributed by atoms with Gasteiger partial charge in [0.15, 0.2) is 0 Å². The fourth-order valence-corrected chi connectivity index (χ4v) is 0.959. The molecule has 0 saturated carbocycles. The second kappa shape index (κ2) is 8.18. The highest BCUT2D eigenvalue weighted by Crippen LogP contribution is 1.92. The summed E-state index contributed by atoms with van der Waals surface area (Å²) in [5, 5.41) is 0. The molecule has 0 heterocycles. The summed E-state index contributed by atoms with van der Waals surface area (Å²) in [6.45, 7) is 6.40. The zero-order valence-electron chi connectivity index (χ0n) is 10.6. The highest BCUT2D eigenvalue weighted by atomic mass is 32.3. The van der Waals surface area contributed by atoms with Gasteiger partial charge in [0, 0.05) is 6.08 Å². The first kappa shape index (κ1) is 18.4. The van der Waals surface area contributed by atoms with Crippen LogP contribution < -0.4 is 5.43 Å². The normalized spacial score (nSPS) is 11.1. The topological polar surface area (TPSA) is 92.7 Å². The first-order chi connectivity index (χ1) is 7.58. The number of rotatable bonds is 5. The van der Waals surface area contributed by atoms with Crippen molar-refractivity contribution in [3.05, 3.63) is 12.7 Å². The third-order valence-electron chi connectivity index (χ3n) is 1.59. The molecule has 0 radical (unpaired) electrons. The van der Waals surface area contributed by atoms with E-state index in [0.29, 0.717) is 4.59 Å². The van der Waals surface area contributed by atoms with Gasteiger partial charge in [-0.3, -0.25) is 13.5 Å². The molecule has 0 saturated heterocycles. The van der Waals surface area contributed by atoms with Crippen LogP contribution in [0.25, 0.3) is 0 Å². The zero-order valence-corrected chi connectivity index (χ0v) is 11.5. The lowest BCUT2D eigenvalue weighted by molar-refractivity contribution is -0.924. The third-order valence-corrected chi connectivity index (χ3v) is 2.01. The van der Waals surface area contributed by atoms with Gasteiger partial charge in [-0.2, -0.15) is 13.8 Å². The molecule has 0 unspecified atom stereocenters. The van der Waals surface area contributed by atoms with Gasteiger partial charge in [-0.25, -0.2) is 4.59 Å². The molecule has 0 aromatic carbocycles. The van der Waals surface area contributed by atoms with E-state index in [2.05, 4.69) is 23.1 Å². The van der Waals surface area contributed by atoms with Crippen molar-refractivity contribution >= 4 is 16.3 Å². The van der Waals surface area contributed by atoms with E-state index >= 15 is 0 Å². The minimum atomic E-state index is -4.16. The number of carbonyl (C=O) groups excluding carboxylic acids is 1. The Balaban J connectivity index is 0. The minimum Gasteiger partial charge on any atom is -0.265 e. The third kappa shape index (κ3) is 15.0. The van der Waals surface area contributed by atoms with Crippen LogP contribution in [-0.2, 0) is 19.4 Å². The summed E-state index contributed by atoms with van der Waals surface area (Å²) in [6.07, 6.45) is 2.33. The monoisotopic (exact) mass is 269 g/mol. The van der Waals surface area contributed by atoms with Gasteiger partial charge in [-0.05, 0) is 6.42 Å². The molecule has 0 bridgehead atoms. The molecule has 0 aromatic heterocycles. The van der Waals surface area contributed by atoms with Gasteiger partial charge in [0.2, 0.25) is 0 Å². The van der Waals surface area contributed by atoms with Crippen LogP contribution in [0.1, 0.15) is 13.3 Å². The first-order valence-electron chi connectivity index (χ1n) is 4.88. The molecule has 0 spiro atoms. The standard InChI is InChI=1S/C8H16N2O.CH4O4S/c1-5-7-10(3,4)9-8(11)6-2;1-5-6(2,3)4/h6H,2,5,7H2,1,3-4H3;1H3,(H,2,3,4)/p+1. The SMILES string of the molecule is C=CC(=O)N[N+](C)(C)CCC.COS(=O)(=O)O. The Kier molecular flexibility index (Phi) is 8.85. The zero-order chi connectivity index (χ0) is 14.1. The van der Waals surface area contributed by atoms with Gasteiger partial charge >= 0.3 is 10.4 Å². The molecule has 0 aliphatic heterocycles. The van der Waals surface area contributed by atoms with E-state index in [-0.39, 0.29) is 5.91 Å². The molecular weight excluding hydrogens is 248 g/mol. The first-order valence-corrected chi connectivity index (χ1v) is 6.25. The second-order valence-corrected chi connectivity index (χ2v) is 4.87. The summed E-state index contributed by atoms with van der Waals surface area (Å²) in [6, 6.07) is 0. The molecule has 0 aromatic rings. The van der Waals surface area contributed by atoms with Crippen LogP contribution >= 0.6 is 0 Å². The van der Waals surface area contributed by atoms with E-state index < -0.39 is 10.4 Å². The van der Waals surface area contributed by atoms with Crippen molar-refractivity contribution in [1.82, 2.24) is 5.43 Å². The number of hydrogen-bond donors (Lipinski definition) is 2. The molecule has 0 aliphatic rings. The molecule has 102 valence electrons. The smallest absolute Gasteiger partial charge is 0.265 e. The van der Waals surface area contributed by atoms with Crippen LogP contribution in [0.3, 0.4) is 0 Å². The van der Waals surface area contributed by atoms with Gasteiger partial charge in [0.05, 0.1) is 21.2 Å². The quantitative estimate of drug-likeness (QED) is 0.320. The number of nitrogens with one attached hydrogen (secondary N) is 1. The highest BCUT2D eigenvalue weighted by molar-refractivity contribution is 7.80. The van der Waals surface area contributed by atoms with Crippen LogP contribution in [0.2, 0.25) is 0 Å². The van der Waals surface area contributed by atoms with E-state index in [1.165, 1.54) is 6.08 Å². The molecule has 0 atom stereocenters. The van der Waals surface area contributed by atoms with Gasteiger partial charge < -0.3 is 0 Å². The molecule has 0 aliphatic carbocycles. The number of carbonyl (C=O) groups is 1. The van der Waals surface area contributed by atoms with Crippen molar-refractivity contribution in [3.8, 4) is 0 Å². The fourth-order valence-electron chi connectivity index (χ4n) is 0.959. The van der Waals surface area contributed by atoms with Gasteiger partial charge in [-0.1, -0.05) is 13.5 Å². The Bertz CT molecular complexity index is 337. The molecular formula is C9H21N2O5S+. The summed E-state index contributed by atoms with van der Waals surface area (Å²) in [4.78, 5) is 10.9. The molecule has 2 N–H and O–H groups in total. The maximum absolute atomic E-state index is 10.9. The molecule has 0 fully saturated rings. The molecule has 7 nitrogen and oxygen atoms in total. The molecule has 1 amide bonds. The summed E-state index contributed by atoms with van der Waals surface area (Å²) in [7, 11) is 0.607. The van der Waals surface area contributed by atoms with E-state index in [9.17, 15) is 13.2 Å². The summed E-state index contributed by atoms with van der Waals surface area (Å²) >= 11 is 0. The van der Waals surface area contributed by atoms with Crippen LogP contribution in [-0.4, -0.2) is 51.2 Å². The fraction of sp³-hybridized carbons (Fsp3) is 0.667. The van der Waals surface area contributed by atoms with Gasteiger partial charge in [-0.15, -0.1) is 0 Å². The largest absolute Gasteiger partial charge is 0.397 e. The Morgan fingerprint density at radius 2 is 1.94 bits per heavy atom. The predicted molar refractivity (Wildman–Crippen MR) is 64.2 cm³/mol. The molecule has 17 heavy (non-hydrogen) atoms. The summed E-state index contributed by atoms with van der Waals surface area (Å²) in [5.41, 5.74) is 2.79. The Morgan fingerprint density at radius 1 is 1.53 bits per heavy atom. The van der Waals surface area contributed by atoms with Crippen molar-refractivity contribution in [2.24, 2.45) is 0 Å². The minimum absolute atomic E-state index is 0.122. The van der Waals surface area contributed by atoms with Crippen LogP contribution in [0.5, 0.6) is 0 Å². The predicted octanol–water partition coefficient (Wildman–Crippen LogP) is 0.126. The number of amides is 1. The maximum Gasteiger partial charge on any atom is 0.397 e. The Hall–Kier alpha value is -0.960. The van der Waals surface area contributed by atoms with Crippen LogP contribution in [0, 0.1) is 0 Å². The summed E-state index contributed by atoms with van der Waals surface area (Å²) < 4.78 is 30.2. The van der Waals surface area contributed by atoms with Gasteiger partial charge in [0.1, 0.15) is 6.54 Å². The lowest BCUT2D eigenvalue weighted by Gasteiger charge is -2.27. The van der Waals surface area contributed by atoms with Crippen molar-refractivity contribution in [2.75, 3.05) is 27.7 Å². The summed E-state index contributed by atoms with van der Waals surface area (Å²) in [5.74, 6) is -0.122. The number of nitrogens with zero attached hydrogens (tertiary/aromatic N) is 1. The van der Waals surface area contributed by atoms with Crippen LogP contribution in [0.15, 0.2) is 12.7 Å². The van der Waals surface area contributed by atoms with Crippen LogP contribution in [0.4, 0.5) is 0 Å². The lowest BCUT2D eigenvalue weighted by atomic mass is 10.4. The van der Waals surface area contributed by atoms with Crippen molar-refractivity contribution in [2.45, 2.75) is 13.3 Å². The Morgan fingerprint density at radius 3 is 2.18 bits per heavy atom. The molecule has 8 heteroatoms. The Labute approximate surface area is 103 Å². The van der Waals surface area contributed by atoms with E-state index in [1.54, 1.807) is 0 Å². The van der Waals surface area contributed by atoms with E-state index in [0.717, 1.165) is 20.1 Å². The average molecular weight is 269 g/mol. The van der Waals surface area contributed by atoms with Crippen molar-refractivity contribution in [1.29, 1.82) is 0 Å². The highest BCUT2D eigenvalue weighted by Gasteiger charge is 2.14. The van der Waals surface area contributed by atoms with E-state index in [4.69, 9.17) is 4.55 Å². The number of hydrogen-bond acceptors (Lipinski definition) is 4. The second-order valence-electron chi connectivity index (χ2n) is 3.68. The number of quaternary nitrogens is 1. The van der Waals surface area contributed by atoms with Crippen molar-refractivity contribution in [3.63, 3.8) is 0 Å².